The molecule has 0 fully saturated rings. The van der Waals surface area contributed by atoms with Crippen LogP contribution in [-0.2, 0) is 10.0 Å². The van der Waals surface area contributed by atoms with E-state index in [1.807, 2.05) is 6.92 Å². The predicted octanol–water partition coefficient (Wildman–Crippen LogP) is 2.75. The fourth-order valence-electron chi connectivity index (χ4n) is 1.57. The van der Waals surface area contributed by atoms with Gasteiger partial charge in [-0.25, -0.2) is 8.42 Å². The fraction of sp³-hybridized carbons (Fsp3) is 0.250. The first-order valence-corrected chi connectivity index (χ1v) is 7.67. The summed E-state index contributed by atoms with van der Waals surface area (Å²) >= 11 is 0. The molecule has 0 aliphatic carbocycles. The molecular formula is C16H19NO2S. The first-order chi connectivity index (χ1) is 9.41. The van der Waals surface area contributed by atoms with Gasteiger partial charge in [0.05, 0.1) is 4.90 Å². The molecule has 4 heteroatoms. The lowest BCUT2D eigenvalue weighted by molar-refractivity contribution is 0.473. The molecule has 0 atom stereocenters. The van der Waals surface area contributed by atoms with Crippen LogP contribution < -0.4 is 0 Å². The molecule has 0 unspecified atom stereocenters. The molecule has 0 spiro atoms. The minimum Gasteiger partial charge on any atom is -0.207 e. The zero-order valence-corrected chi connectivity index (χ0v) is 12.7. The Hall–Kier alpha value is -1.83. The molecule has 106 valence electrons. The summed E-state index contributed by atoms with van der Waals surface area (Å²) in [4.78, 5) is 0.275. The van der Waals surface area contributed by atoms with E-state index in [4.69, 9.17) is 6.42 Å². The summed E-state index contributed by atoms with van der Waals surface area (Å²) in [6.07, 6.45) is 8.54. The van der Waals surface area contributed by atoms with E-state index in [1.54, 1.807) is 43.3 Å². The minimum atomic E-state index is -3.53. The van der Waals surface area contributed by atoms with Crippen molar-refractivity contribution in [2.75, 3.05) is 13.1 Å². The zero-order chi connectivity index (χ0) is 15.2. The Kier molecular flexibility index (Phi) is 5.75. The zero-order valence-electron chi connectivity index (χ0n) is 11.8. The molecule has 0 saturated carbocycles. The molecule has 0 N–H and O–H groups in total. The molecule has 3 nitrogen and oxygen atoms in total. The maximum Gasteiger partial charge on any atom is 0.243 e. The number of terminal acetylenes is 1. The summed E-state index contributed by atoms with van der Waals surface area (Å²) in [5, 5.41) is 0. The smallest absolute Gasteiger partial charge is 0.207 e. The molecule has 0 bridgehead atoms. The molecule has 0 saturated heterocycles. The van der Waals surface area contributed by atoms with Crippen molar-refractivity contribution in [3.8, 4) is 12.3 Å². The number of aryl methyl sites for hydroxylation is 1. The summed E-state index contributed by atoms with van der Waals surface area (Å²) in [7, 11) is -3.53. The molecule has 0 heterocycles. The molecule has 0 aliphatic heterocycles. The lowest BCUT2D eigenvalue weighted by atomic mass is 10.2. The molecule has 1 aromatic rings. The average molecular weight is 289 g/mol. The SMILES string of the molecule is C#C/C(C)=C\CN(CC=C)S(=O)(=O)c1ccc(C)cc1. The second-order valence-corrected chi connectivity index (χ2v) is 6.39. The van der Waals surface area contributed by atoms with Crippen LogP contribution >= 0.6 is 0 Å². The molecule has 0 radical (unpaired) electrons. The van der Waals surface area contributed by atoms with Crippen molar-refractivity contribution in [3.63, 3.8) is 0 Å². The fourth-order valence-corrected chi connectivity index (χ4v) is 2.92. The topological polar surface area (TPSA) is 37.4 Å². The lowest BCUT2D eigenvalue weighted by Crippen LogP contribution is -2.31. The maximum atomic E-state index is 12.5. The Labute approximate surface area is 121 Å². The van der Waals surface area contributed by atoms with Crippen LogP contribution in [0.15, 0.2) is 53.5 Å². The van der Waals surface area contributed by atoms with Crippen LogP contribution in [-0.4, -0.2) is 25.8 Å². The van der Waals surface area contributed by atoms with Gasteiger partial charge in [-0.3, -0.25) is 0 Å². The van der Waals surface area contributed by atoms with Gasteiger partial charge in [0.15, 0.2) is 0 Å². The van der Waals surface area contributed by atoms with Crippen molar-refractivity contribution in [1.82, 2.24) is 4.31 Å². The third kappa shape index (κ3) is 4.09. The van der Waals surface area contributed by atoms with Crippen LogP contribution in [0.25, 0.3) is 0 Å². The van der Waals surface area contributed by atoms with Crippen LogP contribution in [0.5, 0.6) is 0 Å². The largest absolute Gasteiger partial charge is 0.243 e. The van der Waals surface area contributed by atoms with Gasteiger partial charge in [0.25, 0.3) is 0 Å². The van der Waals surface area contributed by atoms with Crippen LogP contribution in [0.4, 0.5) is 0 Å². The van der Waals surface area contributed by atoms with Gasteiger partial charge in [-0.15, -0.1) is 13.0 Å². The van der Waals surface area contributed by atoms with Crippen molar-refractivity contribution in [2.45, 2.75) is 18.7 Å². The molecule has 1 rings (SSSR count). The average Bonchev–Trinajstić information content (AvgIpc) is 2.43. The van der Waals surface area contributed by atoms with Gasteiger partial charge < -0.3 is 0 Å². The van der Waals surface area contributed by atoms with Crippen LogP contribution in [0.3, 0.4) is 0 Å². The number of hydrogen-bond donors (Lipinski definition) is 0. The highest BCUT2D eigenvalue weighted by molar-refractivity contribution is 7.89. The van der Waals surface area contributed by atoms with E-state index in [1.165, 1.54) is 4.31 Å². The quantitative estimate of drug-likeness (QED) is 0.596. The van der Waals surface area contributed by atoms with E-state index in [-0.39, 0.29) is 18.0 Å². The van der Waals surface area contributed by atoms with Crippen molar-refractivity contribution in [1.29, 1.82) is 0 Å². The van der Waals surface area contributed by atoms with Gasteiger partial charge >= 0.3 is 0 Å². The molecule has 0 aliphatic rings. The number of sulfonamides is 1. The molecule has 1 aromatic carbocycles. The van der Waals surface area contributed by atoms with Gasteiger partial charge in [-0.2, -0.15) is 4.31 Å². The van der Waals surface area contributed by atoms with E-state index < -0.39 is 10.0 Å². The maximum absolute atomic E-state index is 12.5. The normalized spacial score (nSPS) is 12.2. The second kappa shape index (κ2) is 7.09. The number of benzene rings is 1. The van der Waals surface area contributed by atoms with Crippen molar-refractivity contribution < 1.29 is 8.42 Å². The molecule has 0 amide bonds. The Morgan fingerprint density at radius 2 is 1.95 bits per heavy atom. The summed E-state index contributed by atoms with van der Waals surface area (Å²) in [5.74, 6) is 2.47. The molecule has 20 heavy (non-hydrogen) atoms. The highest BCUT2D eigenvalue weighted by Crippen LogP contribution is 2.16. The Bertz CT molecular complexity index is 634. The standard InChI is InChI=1S/C16H19NO2S/c1-5-12-17(13-11-14(3)6-2)20(18,19)16-9-7-15(4)8-10-16/h2,5,7-11H,1,12-13H2,3-4H3/b14-11-. The molecular weight excluding hydrogens is 270 g/mol. The first-order valence-electron chi connectivity index (χ1n) is 6.23. The van der Waals surface area contributed by atoms with E-state index in [2.05, 4.69) is 12.5 Å². The molecule has 0 aromatic heterocycles. The van der Waals surface area contributed by atoms with Crippen LogP contribution in [0.2, 0.25) is 0 Å². The Morgan fingerprint density at radius 3 is 2.45 bits per heavy atom. The van der Waals surface area contributed by atoms with Crippen molar-refractivity contribution >= 4 is 10.0 Å². The monoisotopic (exact) mass is 289 g/mol. The lowest BCUT2D eigenvalue weighted by Gasteiger charge is -2.19. The summed E-state index contributed by atoms with van der Waals surface area (Å²) in [6.45, 7) is 7.76. The summed E-state index contributed by atoms with van der Waals surface area (Å²) < 4.78 is 26.4. The highest BCUT2D eigenvalue weighted by Gasteiger charge is 2.22. The van der Waals surface area contributed by atoms with Gasteiger partial charge in [0.1, 0.15) is 0 Å². The van der Waals surface area contributed by atoms with Gasteiger partial charge in [0.2, 0.25) is 10.0 Å². The number of allylic oxidation sites excluding steroid dienone is 1. The van der Waals surface area contributed by atoms with E-state index in [0.717, 1.165) is 5.56 Å². The Morgan fingerprint density at radius 1 is 1.35 bits per heavy atom. The third-order valence-corrected chi connectivity index (χ3v) is 4.67. The number of rotatable bonds is 6. The van der Waals surface area contributed by atoms with E-state index >= 15 is 0 Å². The van der Waals surface area contributed by atoms with Crippen molar-refractivity contribution in [2.24, 2.45) is 0 Å². The number of hydrogen-bond acceptors (Lipinski definition) is 2. The van der Waals surface area contributed by atoms with Gasteiger partial charge in [0, 0.05) is 13.1 Å². The summed E-state index contributed by atoms with van der Waals surface area (Å²) in [6, 6.07) is 6.78. The Balaban J connectivity index is 3.09. The number of nitrogens with zero attached hydrogens (tertiary/aromatic N) is 1. The highest BCUT2D eigenvalue weighted by atomic mass is 32.2. The van der Waals surface area contributed by atoms with E-state index in [0.29, 0.717) is 5.57 Å². The van der Waals surface area contributed by atoms with Crippen LogP contribution in [0, 0.1) is 19.3 Å². The van der Waals surface area contributed by atoms with E-state index in [9.17, 15) is 8.42 Å². The van der Waals surface area contributed by atoms with Gasteiger partial charge in [-0.05, 0) is 31.6 Å². The predicted molar refractivity (Wildman–Crippen MR) is 82.7 cm³/mol. The van der Waals surface area contributed by atoms with Crippen molar-refractivity contribution in [3.05, 3.63) is 54.1 Å². The minimum absolute atomic E-state index is 0.234. The van der Waals surface area contributed by atoms with Gasteiger partial charge in [-0.1, -0.05) is 35.8 Å². The second-order valence-electron chi connectivity index (χ2n) is 4.46. The third-order valence-electron chi connectivity index (χ3n) is 2.82. The summed E-state index contributed by atoms with van der Waals surface area (Å²) in [5.41, 5.74) is 1.72. The first kappa shape index (κ1) is 16.2. The van der Waals surface area contributed by atoms with Crippen LogP contribution in [0.1, 0.15) is 12.5 Å².